The molecule has 42 heavy (non-hydrogen) atoms. The van der Waals surface area contributed by atoms with Gasteiger partial charge in [-0.05, 0) is 80.1 Å². The molecule has 9 heteroatoms. The molecule has 0 bridgehead atoms. The predicted octanol–water partition coefficient (Wildman–Crippen LogP) is 6.06. The van der Waals surface area contributed by atoms with Gasteiger partial charge in [0.25, 0.3) is 0 Å². The van der Waals surface area contributed by atoms with E-state index in [1.54, 1.807) is 17.0 Å². The second kappa shape index (κ2) is 15.2. The number of rotatable bonds is 14. The van der Waals surface area contributed by atoms with E-state index < -0.39 is 16.1 Å². The molecule has 0 fully saturated rings. The first kappa shape index (κ1) is 33.1. The van der Waals surface area contributed by atoms with Crippen LogP contribution in [0.3, 0.4) is 0 Å². The number of carbonyl (C=O) groups is 2. The van der Waals surface area contributed by atoms with Crippen molar-refractivity contribution in [2.75, 3.05) is 17.1 Å². The maximum Gasteiger partial charge on any atom is 0.243 e. The van der Waals surface area contributed by atoms with Crippen LogP contribution in [0.1, 0.15) is 55.4 Å². The summed E-state index contributed by atoms with van der Waals surface area (Å²) in [6, 6.07) is 21.7. The second-order valence-corrected chi connectivity index (χ2v) is 13.3. The van der Waals surface area contributed by atoms with Crippen LogP contribution in [0.4, 0.5) is 5.69 Å². The molecule has 226 valence electrons. The van der Waals surface area contributed by atoms with E-state index in [0.717, 1.165) is 28.7 Å². The summed E-state index contributed by atoms with van der Waals surface area (Å²) in [5.74, 6) is -0.458. The van der Waals surface area contributed by atoms with Gasteiger partial charge in [-0.15, -0.1) is 0 Å². The van der Waals surface area contributed by atoms with Crippen molar-refractivity contribution in [3.8, 4) is 0 Å². The van der Waals surface area contributed by atoms with Crippen molar-refractivity contribution < 1.29 is 18.0 Å². The zero-order chi connectivity index (χ0) is 30.9. The predicted molar refractivity (Wildman–Crippen MR) is 171 cm³/mol. The zero-order valence-electron chi connectivity index (χ0n) is 25.1. The fourth-order valence-corrected chi connectivity index (χ4v) is 6.09. The smallest absolute Gasteiger partial charge is 0.243 e. The summed E-state index contributed by atoms with van der Waals surface area (Å²) < 4.78 is 26.8. The molecule has 0 saturated carbocycles. The minimum atomic E-state index is -3.58. The van der Waals surface area contributed by atoms with E-state index in [2.05, 4.69) is 5.32 Å². The van der Waals surface area contributed by atoms with Gasteiger partial charge in [0.15, 0.2) is 0 Å². The van der Waals surface area contributed by atoms with Crippen LogP contribution in [0.5, 0.6) is 0 Å². The molecule has 0 aromatic heterocycles. The van der Waals surface area contributed by atoms with E-state index in [1.807, 2.05) is 88.4 Å². The monoisotopic (exact) mass is 611 g/mol. The lowest BCUT2D eigenvalue weighted by molar-refractivity contribution is -0.141. The summed E-state index contributed by atoms with van der Waals surface area (Å²) >= 11 is 6.26. The van der Waals surface area contributed by atoms with Crippen molar-refractivity contribution in [2.24, 2.45) is 0 Å². The molecule has 0 aliphatic heterocycles. The Morgan fingerprint density at radius 2 is 1.57 bits per heavy atom. The van der Waals surface area contributed by atoms with Crippen LogP contribution in [0.2, 0.25) is 5.02 Å². The molecule has 3 aromatic carbocycles. The molecule has 0 aliphatic carbocycles. The molecule has 0 unspecified atom stereocenters. The first-order valence-corrected chi connectivity index (χ1v) is 16.5. The van der Waals surface area contributed by atoms with E-state index in [4.69, 9.17) is 11.6 Å². The number of halogens is 1. The summed E-state index contributed by atoms with van der Waals surface area (Å²) in [5, 5.41) is 3.60. The Labute approximate surface area is 255 Å². The lowest BCUT2D eigenvalue weighted by Gasteiger charge is -2.33. The Hall–Kier alpha value is -3.36. The number of nitrogens with zero attached hydrogens (tertiary/aromatic N) is 2. The van der Waals surface area contributed by atoms with Gasteiger partial charge in [0.1, 0.15) is 6.04 Å². The fourth-order valence-electron chi connectivity index (χ4n) is 4.93. The van der Waals surface area contributed by atoms with E-state index in [1.165, 1.54) is 10.6 Å². The first-order valence-electron chi connectivity index (χ1n) is 14.3. The van der Waals surface area contributed by atoms with Gasteiger partial charge >= 0.3 is 0 Å². The quantitative estimate of drug-likeness (QED) is 0.240. The van der Waals surface area contributed by atoms with Gasteiger partial charge in [0, 0.05) is 37.0 Å². The highest BCUT2D eigenvalue weighted by Gasteiger charge is 2.31. The first-order chi connectivity index (χ1) is 19.9. The Kier molecular flexibility index (Phi) is 12.0. The number of benzene rings is 3. The minimum Gasteiger partial charge on any atom is -0.352 e. The third-order valence-electron chi connectivity index (χ3n) is 7.16. The van der Waals surface area contributed by atoms with Crippen LogP contribution in [0, 0.1) is 13.8 Å². The maximum absolute atomic E-state index is 13.9. The average Bonchev–Trinajstić information content (AvgIpc) is 2.92. The number of hydrogen-bond donors (Lipinski definition) is 1. The van der Waals surface area contributed by atoms with E-state index in [0.29, 0.717) is 17.1 Å². The highest BCUT2D eigenvalue weighted by Crippen LogP contribution is 2.23. The lowest BCUT2D eigenvalue weighted by Crippen LogP contribution is -2.52. The van der Waals surface area contributed by atoms with Gasteiger partial charge in [-0.25, -0.2) is 8.42 Å². The molecular weight excluding hydrogens is 570 g/mol. The summed E-state index contributed by atoms with van der Waals surface area (Å²) in [4.78, 5) is 29.2. The standard InChI is InChI=1S/C33H42ClN3O4S/c1-6-26(4)35-33(39)31(22-27-12-8-7-9-13-27)36(23-28-14-10-15-29(34)21-28)32(38)16-11-17-37(42(5,40)41)30-19-24(2)18-25(3)20-30/h7-10,12-15,18-21,26,31H,6,11,16-17,22-23H2,1-5H3,(H,35,39)/t26-,31+/m1/s1. The molecule has 2 amide bonds. The summed E-state index contributed by atoms with van der Waals surface area (Å²) in [5.41, 5.74) is 4.23. The molecule has 1 N–H and O–H groups in total. The number of aryl methyl sites for hydroxylation is 2. The van der Waals surface area contributed by atoms with Crippen molar-refractivity contribution in [1.29, 1.82) is 0 Å². The van der Waals surface area contributed by atoms with E-state index in [9.17, 15) is 18.0 Å². The maximum atomic E-state index is 13.9. The third-order valence-corrected chi connectivity index (χ3v) is 8.59. The molecular formula is C33H42ClN3O4S. The SMILES string of the molecule is CC[C@@H](C)NC(=O)[C@H](Cc1ccccc1)N(Cc1cccc(Cl)c1)C(=O)CCCN(c1cc(C)cc(C)c1)S(C)(=O)=O. The van der Waals surface area contributed by atoms with E-state index in [-0.39, 0.29) is 43.8 Å². The molecule has 0 saturated heterocycles. The fraction of sp³-hybridized carbons (Fsp3) is 0.394. The van der Waals surface area contributed by atoms with Crippen LogP contribution >= 0.6 is 11.6 Å². The van der Waals surface area contributed by atoms with Crippen molar-refractivity contribution in [1.82, 2.24) is 10.2 Å². The molecule has 0 radical (unpaired) electrons. The third kappa shape index (κ3) is 9.88. The molecule has 3 rings (SSSR count). The summed E-state index contributed by atoms with van der Waals surface area (Å²) in [6.07, 6.45) is 2.63. The minimum absolute atomic E-state index is 0.0556. The van der Waals surface area contributed by atoms with Crippen LogP contribution < -0.4 is 9.62 Å². The van der Waals surface area contributed by atoms with Crippen LogP contribution in [-0.4, -0.2) is 50.0 Å². The van der Waals surface area contributed by atoms with Crippen LogP contribution in [-0.2, 0) is 32.6 Å². The van der Waals surface area contributed by atoms with Gasteiger partial charge in [-0.1, -0.05) is 67.1 Å². The topological polar surface area (TPSA) is 86.8 Å². The number of sulfonamides is 1. The number of hydrogen-bond acceptors (Lipinski definition) is 4. The molecule has 2 atom stereocenters. The molecule has 7 nitrogen and oxygen atoms in total. The van der Waals surface area contributed by atoms with Gasteiger partial charge in [0.05, 0.1) is 11.9 Å². The van der Waals surface area contributed by atoms with Crippen molar-refractivity contribution >= 4 is 39.1 Å². The highest BCUT2D eigenvalue weighted by molar-refractivity contribution is 7.92. The number of carbonyl (C=O) groups excluding carboxylic acids is 2. The molecule has 0 spiro atoms. The number of nitrogens with one attached hydrogen (secondary N) is 1. The molecule has 0 aliphatic rings. The lowest BCUT2D eigenvalue weighted by atomic mass is 10.0. The number of amides is 2. The van der Waals surface area contributed by atoms with Crippen molar-refractivity contribution in [2.45, 2.75) is 72.0 Å². The molecule has 0 heterocycles. The van der Waals surface area contributed by atoms with Gasteiger partial charge < -0.3 is 10.2 Å². The Morgan fingerprint density at radius 3 is 2.17 bits per heavy atom. The van der Waals surface area contributed by atoms with Gasteiger partial charge in [0.2, 0.25) is 21.8 Å². The summed E-state index contributed by atoms with van der Waals surface area (Å²) in [6.45, 7) is 8.11. The Bertz CT molecular complexity index is 1440. The summed E-state index contributed by atoms with van der Waals surface area (Å²) in [7, 11) is -3.58. The van der Waals surface area contributed by atoms with Gasteiger partial charge in [-0.3, -0.25) is 13.9 Å². The zero-order valence-corrected chi connectivity index (χ0v) is 26.7. The van der Waals surface area contributed by atoms with Crippen LogP contribution in [0.15, 0.2) is 72.8 Å². The van der Waals surface area contributed by atoms with Gasteiger partial charge in [-0.2, -0.15) is 0 Å². The van der Waals surface area contributed by atoms with Crippen molar-refractivity contribution in [3.63, 3.8) is 0 Å². The highest BCUT2D eigenvalue weighted by atomic mass is 35.5. The van der Waals surface area contributed by atoms with E-state index >= 15 is 0 Å². The Balaban J connectivity index is 1.90. The Morgan fingerprint density at radius 1 is 0.929 bits per heavy atom. The average molecular weight is 612 g/mol. The molecule has 3 aromatic rings. The normalized spacial score (nSPS) is 12.8. The second-order valence-electron chi connectivity index (χ2n) is 11.0. The van der Waals surface area contributed by atoms with Crippen molar-refractivity contribution in [3.05, 3.63) is 100 Å². The van der Waals surface area contributed by atoms with Crippen LogP contribution in [0.25, 0.3) is 0 Å². The largest absolute Gasteiger partial charge is 0.352 e. The number of anilines is 1.